The van der Waals surface area contributed by atoms with Crippen LogP contribution in [0.15, 0.2) is 23.1 Å². The van der Waals surface area contributed by atoms with Crippen LogP contribution in [0.1, 0.15) is 13.3 Å². The van der Waals surface area contributed by atoms with Gasteiger partial charge in [0.15, 0.2) is 0 Å². The maximum absolute atomic E-state index is 11.8. The number of rotatable bonds is 7. The summed E-state index contributed by atoms with van der Waals surface area (Å²) in [6.45, 7) is 2.52. The number of halogens is 2. The Morgan fingerprint density at radius 1 is 1.47 bits per heavy atom. The lowest BCUT2D eigenvalue weighted by Crippen LogP contribution is -2.38. The Balaban J connectivity index is 2.47. The third-order valence-electron chi connectivity index (χ3n) is 2.48. The number of nitrogens with one attached hydrogen (secondary N) is 1. The van der Waals surface area contributed by atoms with Gasteiger partial charge in [-0.25, -0.2) is 0 Å². The predicted octanol–water partition coefficient (Wildman–Crippen LogP) is 3.63. The molecule has 1 aromatic carbocycles. The van der Waals surface area contributed by atoms with Gasteiger partial charge in [0.1, 0.15) is 0 Å². The number of thioether (sulfide) groups is 1. The molecule has 1 unspecified atom stereocenters. The monoisotopic (exact) mass is 321 g/mol. The summed E-state index contributed by atoms with van der Waals surface area (Å²) in [4.78, 5) is 12.6. The van der Waals surface area contributed by atoms with Gasteiger partial charge >= 0.3 is 0 Å². The fraction of sp³-hybridized carbons (Fsp3) is 0.462. The zero-order valence-corrected chi connectivity index (χ0v) is 13.2. The highest BCUT2D eigenvalue weighted by Crippen LogP contribution is 2.29. The smallest absolute Gasteiger partial charge is 0.230 e. The molecule has 1 aromatic rings. The Bertz CT molecular complexity index is 429. The molecule has 0 radical (unpaired) electrons. The van der Waals surface area contributed by atoms with E-state index in [-0.39, 0.29) is 11.9 Å². The Labute approximate surface area is 128 Å². The quantitative estimate of drug-likeness (QED) is 0.779. The van der Waals surface area contributed by atoms with Gasteiger partial charge in [-0.15, -0.1) is 11.8 Å². The zero-order chi connectivity index (χ0) is 14.3. The van der Waals surface area contributed by atoms with E-state index in [1.54, 1.807) is 25.3 Å². The van der Waals surface area contributed by atoms with Crippen LogP contribution in [-0.2, 0) is 9.53 Å². The van der Waals surface area contributed by atoms with Crippen molar-refractivity contribution in [2.24, 2.45) is 0 Å². The molecule has 0 aliphatic heterocycles. The lowest BCUT2D eigenvalue weighted by molar-refractivity contribution is -0.119. The zero-order valence-electron chi connectivity index (χ0n) is 10.9. The molecule has 106 valence electrons. The summed E-state index contributed by atoms with van der Waals surface area (Å²) in [5, 5.41) is 4.12. The van der Waals surface area contributed by atoms with Crippen LogP contribution < -0.4 is 5.32 Å². The lowest BCUT2D eigenvalue weighted by Gasteiger charge is -2.15. The summed E-state index contributed by atoms with van der Waals surface area (Å²) in [6.07, 6.45) is 0.835. The molecule has 19 heavy (non-hydrogen) atoms. The van der Waals surface area contributed by atoms with Gasteiger partial charge in [0.2, 0.25) is 5.91 Å². The van der Waals surface area contributed by atoms with E-state index in [0.29, 0.717) is 22.4 Å². The van der Waals surface area contributed by atoms with Crippen LogP contribution >= 0.6 is 35.0 Å². The Morgan fingerprint density at radius 3 is 2.84 bits per heavy atom. The van der Waals surface area contributed by atoms with Crippen molar-refractivity contribution in [2.75, 3.05) is 19.5 Å². The van der Waals surface area contributed by atoms with Crippen LogP contribution in [0, 0.1) is 0 Å². The van der Waals surface area contributed by atoms with Gasteiger partial charge in [-0.3, -0.25) is 4.79 Å². The van der Waals surface area contributed by atoms with Crippen LogP contribution in [0.25, 0.3) is 0 Å². The van der Waals surface area contributed by atoms with Gasteiger partial charge in [0, 0.05) is 17.0 Å². The van der Waals surface area contributed by atoms with E-state index in [9.17, 15) is 4.79 Å². The minimum Gasteiger partial charge on any atom is -0.383 e. The molecule has 6 heteroatoms. The van der Waals surface area contributed by atoms with Crippen LogP contribution in [0.3, 0.4) is 0 Å². The van der Waals surface area contributed by atoms with Crippen molar-refractivity contribution >= 4 is 40.9 Å². The molecule has 1 atom stereocenters. The molecule has 1 amide bonds. The van der Waals surface area contributed by atoms with E-state index in [1.165, 1.54) is 11.8 Å². The van der Waals surface area contributed by atoms with Crippen molar-refractivity contribution in [2.45, 2.75) is 24.3 Å². The molecule has 0 saturated carbocycles. The second kappa shape index (κ2) is 8.69. The van der Waals surface area contributed by atoms with Crippen molar-refractivity contribution in [3.63, 3.8) is 0 Å². The van der Waals surface area contributed by atoms with E-state index in [4.69, 9.17) is 27.9 Å². The van der Waals surface area contributed by atoms with Gasteiger partial charge in [0.05, 0.1) is 23.4 Å². The number of carbonyl (C=O) groups excluding carboxylic acids is 1. The average Bonchev–Trinajstić information content (AvgIpc) is 2.39. The van der Waals surface area contributed by atoms with Crippen LogP contribution in [-0.4, -0.2) is 31.4 Å². The van der Waals surface area contributed by atoms with Crippen molar-refractivity contribution in [1.82, 2.24) is 5.32 Å². The van der Waals surface area contributed by atoms with Crippen molar-refractivity contribution in [1.29, 1.82) is 0 Å². The maximum atomic E-state index is 11.8. The lowest BCUT2D eigenvalue weighted by atomic mass is 10.2. The largest absolute Gasteiger partial charge is 0.383 e. The Hall–Kier alpha value is -0.420. The normalized spacial score (nSPS) is 12.2. The second-order valence-corrected chi connectivity index (χ2v) is 5.85. The molecule has 0 aliphatic rings. The summed E-state index contributed by atoms with van der Waals surface area (Å²) in [6, 6.07) is 5.26. The number of hydrogen-bond donors (Lipinski definition) is 1. The number of methoxy groups -OCH3 is 1. The number of ether oxygens (including phenoxy) is 1. The SMILES string of the molecule is CCC(COC)NC(=O)CSc1cc(Cl)ccc1Cl. The molecule has 0 saturated heterocycles. The molecule has 0 aromatic heterocycles. The third-order valence-corrected chi connectivity index (χ3v) is 4.21. The van der Waals surface area contributed by atoms with E-state index in [2.05, 4.69) is 5.32 Å². The predicted molar refractivity (Wildman–Crippen MR) is 81.3 cm³/mol. The topological polar surface area (TPSA) is 38.3 Å². The fourth-order valence-corrected chi connectivity index (χ4v) is 2.77. The molecule has 0 fully saturated rings. The van der Waals surface area contributed by atoms with Crippen molar-refractivity contribution in [3.05, 3.63) is 28.2 Å². The van der Waals surface area contributed by atoms with Crippen LogP contribution in [0.4, 0.5) is 0 Å². The van der Waals surface area contributed by atoms with E-state index < -0.39 is 0 Å². The molecule has 1 rings (SSSR count). The van der Waals surface area contributed by atoms with E-state index in [0.717, 1.165) is 11.3 Å². The number of amides is 1. The minimum absolute atomic E-state index is 0.0371. The second-order valence-electron chi connectivity index (χ2n) is 3.99. The number of hydrogen-bond acceptors (Lipinski definition) is 3. The molecular formula is C13H17Cl2NO2S. The van der Waals surface area contributed by atoms with Gasteiger partial charge in [-0.2, -0.15) is 0 Å². The molecule has 0 heterocycles. The Morgan fingerprint density at radius 2 is 2.21 bits per heavy atom. The van der Waals surface area contributed by atoms with Gasteiger partial charge in [-0.05, 0) is 24.6 Å². The van der Waals surface area contributed by atoms with Gasteiger partial charge in [-0.1, -0.05) is 30.1 Å². The first kappa shape index (κ1) is 16.6. The van der Waals surface area contributed by atoms with Gasteiger partial charge < -0.3 is 10.1 Å². The average molecular weight is 322 g/mol. The van der Waals surface area contributed by atoms with Crippen LogP contribution in [0.5, 0.6) is 0 Å². The van der Waals surface area contributed by atoms with Crippen LogP contribution in [0.2, 0.25) is 10.0 Å². The summed E-state index contributed by atoms with van der Waals surface area (Å²) in [5.41, 5.74) is 0. The fourth-order valence-electron chi connectivity index (χ4n) is 1.46. The van der Waals surface area contributed by atoms with Crippen molar-refractivity contribution in [3.8, 4) is 0 Å². The van der Waals surface area contributed by atoms with Gasteiger partial charge in [0.25, 0.3) is 0 Å². The highest BCUT2D eigenvalue weighted by atomic mass is 35.5. The summed E-state index contributed by atoms with van der Waals surface area (Å²) in [7, 11) is 1.62. The maximum Gasteiger partial charge on any atom is 0.230 e. The van der Waals surface area contributed by atoms with E-state index in [1.807, 2.05) is 6.92 Å². The molecule has 0 bridgehead atoms. The summed E-state index contributed by atoms with van der Waals surface area (Å²) in [5.74, 6) is 0.269. The molecular weight excluding hydrogens is 305 g/mol. The third kappa shape index (κ3) is 6.04. The van der Waals surface area contributed by atoms with E-state index >= 15 is 0 Å². The first-order valence-electron chi connectivity index (χ1n) is 5.93. The molecule has 0 spiro atoms. The van der Waals surface area contributed by atoms with Crippen molar-refractivity contribution < 1.29 is 9.53 Å². The summed E-state index contributed by atoms with van der Waals surface area (Å²) >= 11 is 13.3. The summed E-state index contributed by atoms with van der Waals surface area (Å²) < 4.78 is 5.03. The first-order chi connectivity index (χ1) is 9.06. The standard InChI is InChI=1S/C13H17Cl2NO2S/c1-3-10(7-18-2)16-13(17)8-19-12-6-9(14)4-5-11(12)15/h4-6,10H,3,7-8H2,1-2H3,(H,16,17). The highest BCUT2D eigenvalue weighted by Gasteiger charge is 2.11. The molecule has 3 nitrogen and oxygen atoms in total. The Kier molecular flexibility index (Phi) is 7.61. The minimum atomic E-state index is -0.0371. The molecule has 0 aliphatic carbocycles. The first-order valence-corrected chi connectivity index (χ1v) is 7.67. The number of benzene rings is 1. The molecule has 1 N–H and O–H groups in total. The highest BCUT2D eigenvalue weighted by molar-refractivity contribution is 8.00. The number of carbonyl (C=O) groups is 1.